The molecule has 10 heteroatoms. The quantitative estimate of drug-likeness (QED) is 0.513. The highest BCUT2D eigenvalue weighted by Crippen LogP contribution is 2.44. The van der Waals surface area contributed by atoms with E-state index in [-0.39, 0.29) is 33.2 Å². The fourth-order valence-corrected chi connectivity index (χ4v) is 6.29. The Bertz CT molecular complexity index is 1110. The lowest BCUT2D eigenvalue weighted by Gasteiger charge is -2.33. The van der Waals surface area contributed by atoms with Gasteiger partial charge >= 0.3 is 0 Å². The molecule has 0 spiro atoms. The van der Waals surface area contributed by atoms with Crippen LogP contribution in [0.15, 0.2) is 29.4 Å². The van der Waals surface area contributed by atoms with Crippen molar-refractivity contribution in [1.82, 2.24) is 14.4 Å². The van der Waals surface area contributed by atoms with Crippen molar-refractivity contribution in [1.29, 1.82) is 0 Å². The minimum atomic E-state index is -4.01. The van der Waals surface area contributed by atoms with E-state index in [2.05, 4.69) is 28.5 Å². The Balaban J connectivity index is 1.75. The van der Waals surface area contributed by atoms with E-state index >= 15 is 0 Å². The summed E-state index contributed by atoms with van der Waals surface area (Å²) in [6.45, 7) is 5.69. The van der Waals surface area contributed by atoms with E-state index < -0.39 is 15.9 Å². The Kier molecular flexibility index (Phi) is 3.65. The summed E-state index contributed by atoms with van der Waals surface area (Å²) >= 11 is 6.13. The predicted octanol–water partition coefficient (Wildman–Crippen LogP) is 1.51. The molecule has 0 aliphatic carbocycles. The monoisotopic (exact) mass is 422 g/mol. The standard InChI is InChI=1S/C18H20ClN5O3S/c1-18(2)9-11-10-23(18)16-12(3-4-14(19)20-16)17(25)21-28(26,27)15-6-8-22-7-5-13(11)24(15)22/h3-4,6,8,11,13H,5,7,9-10H2,1-2H3/p+1. The minimum absolute atomic E-state index is 0.0432. The zero-order chi connectivity index (χ0) is 19.8. The summed E-state index contributed by atoms with van der Waals surface area (Å²) in [5, 5.41) is 0.401. The number of amides is 1. The Morgan fingerprint density at radius 1 is 1.32 bits per heavy atom. The van der Waals surface area contributed by atoms with Crippen molar-refractivity contribution in [3.05, 3.63) is 35.1 Å². The van der Waals surface area contributed by atoms with E-state index in [1.165, 1.54) is 6.07 Å². The van der Waals surface area contributed by atoms with Crippen molar-refractivity contribution < 1.29 is 17.9 Å². The first-order chi connectivity index (χ1) is 13.2. The fraction of sp³-hybridized carbons (Fsp3) is 0.500. The summed E-state index contributed by atoms with van der Waals surface area (Å²) in [7, 11) is -4.01. The summed E-state index contributed by atoms with van der Waals surface area (Å²) in [6, 6.07) is 4.66. The van der Waals surface area contributed by atoms with Crippen LogP contribution in [0.1, 0.15) is 43.1 Å². The summed E-state index contributed by atoms with van der Waals surface area (Å²) < 4.78 is 32.0. The molecule has 2 aromatic rings. The SMILES string of the molecule is CC1(C)CC2CN1c1nc(Cl)ccc1C(=O)NS(=O)(=O)c1cc[n+]3n1C2CC3. The first-order valence-electron chi connectivity index (χ1n) is 9.30. The van der Waals surface area contributed by atoms with Gasteiger partial charge in [0.05, 0.1) is 5.56 Å². The third-order valence-corrected chi connectivity index (χ3v) is 7.70. The van der Waals surface area contributed by atoms with Crippen LogP contribution in [0.3, 0.4) is 0 Å². The van der Waals surface area contributed by atoms with Crippen molar-refractivity contribution in [3.8, 4) is 0 Å². The molecule has 0 saturated carbocycles. The number of carbonyl (C=O) groups excluding carboxylic acids is 1. The number of aromatic nitrogens is 3. The first kappa shape index (κ1) is 17.9. The second-order valence-electron chi connectivity index (χ2n) is 8.34. The van der Waals surface area contributed by atoms with Crippen LogP contribution in [0.25, 0.3) is 0 Å². The van der Waals surface area contributed by atoms with Gasteiger partial charge in [-0.1, -0.05) is 11.6 Å². The Morgan fingerprint density at radius 3 is 2.89 bits per heavy atom. The lowest BCUT2D eigenvalue weighted by molar-refractivity contribution is -0.761. The Hall–Kier alpha value is -2.13. The van der Waals surface area contributed by atoms with Crippen molar-refractivity contribution in [2.24, 2.45) is 5.92 Å². The molecule has 0 aromatic carbocycles. The average molecular weight is 423 g/mol. The molecular formula is C18H21ClN5O3S+. The number of sulfonamides is 1. The van der Waals surface area contributed by atoms with Crippen LogP contribution < -0.4 is 14.3 Å². The summed E-state index contributed by atoms with van der Waals surface area (Å²) in [5.41, 5.74) is -0.0286. The zero-order valence-electron chi connectivity index (χ0n) is 15.6. The maximum absolute atomic E-state index is 13.0. The molecule has 3 aliphatic rings. The molecule has 1 N–H and O–H groups in total. The lowest BCUT2D eigenvalue weighted by atomic mass is 9.90. The number of anilines is 1. The number of hydrogen-bond acceptors (Lipinski definition) is 5. The number of hydrogen-bond donors (Lipinski definition) is 1. The molecule has 5 rings (SSSR count). The molecule has 1 saturated heterocycles. The van der Waals surface area contributed by atoms with E-state index in [1.807, 2.05) is 9.36 Å². The maximum Gasteiger partial charge on any atom is 0.285 e. The number of carbonyl (C=O) groups is 1. The highest BCUT2D eigenvalue weighted by molar-refractivity contribution is 7.90. The van der Waals surface area contributed by atoms with Gasteiger partial charge in [-0.05, 0) is 32.4 Å². The van der Waals surface area contributed by atoms with Gasteiger partial charge in [0.15, 0.2) is 12.7 Å². The molecule has 8 nitrogen and oxygen atoms in total. The minimum Gasteiger partial charge on any atom is -0.350 e. The molecule has 28 heavy (non-hydrogen) atoms. The van der Waals surface area contributed by atoms with Gasteiger partial charge in [0.25, 0.3) is 15.9 Å². The number of nitrogens with zero attached hydrogens (tertiary/aromatic N) is 4. The predicted molar refractivity (Wildman–Crippen MR) is 102 cm³/mol. The second-order valence-corrected chi connectivity index (χ2v) is 10.4. The number of halogens is 1. The van der Waals surface area contributed by atoms with Crippen molar-refractivity contribution >= 4 is 33.3 Å². The zero-order valence-corrected chi connectivity index (χ0v) is 17.2. The molecule has 2 bridgehead atoms. The molecule has 2 unspecified atom stereocenters. The third kappa shape index (κ3) is 2.49. The number of fused-ring (bicyclic) bond motifs is 5. The largest absolute Gasteiger partial charge is 0.350 e. The first-order valence-corrected chi connectivity index (χ1v) is 11.2. The highest BCUT2D eigenvalue weighted by Gasteiger charge is 2.49. The molecule has 1 fully saturated rings. The van der Waals surface area contributed by atoms with E-state index in [0.717, 1.165) is 19.4 Å². The van der Waals surface area contributed by atoms with Gasteiger partial charge in [-0.15, -0.1) is 9.36 Å². The fourth-order valence-electron chi connectivity index (χ4n) is 4.96. The van der Waals surface area contributed by atoms with Crippen LogP contribution in [0.5, 0.6) is 0 Å². The second kappa shape index (κ2) is 5.70. The third-order valence-electron chi connectivity index (χ3n) is 6.16. The number of aryl methyl sites for hydroxylation is 1. The van der Waals surface area contributed by atoms with Crippen LogP contribution >= 0.6 is 11.6 Å². The van der Waals surface area contributed by atoms with Gasteiger partial charge in [0, 0.05) is 30.5 Å². The van der Waals surface area contributed by atoms with Crippen molar-refractivity contribution in [3.63, 3.8) is 0 Å². The van der Waals surface area contributed by atoms with E-state index in [1.54, 1.807) is 18.3 Å². The maximum atomic E-state index is 13.0. The molecule has 1 amide bonds. The topological polar surface area (TPSA) is 88.2 Å². The summed E-state index contributed by atoms with van der Waals surface area (Å²) in [6.07, 6.45) is 3.50. The van der Waals surface area contributed by atoms with Crippen LogP contribution in [-0.4, -0.2) is 36.1 Å². The van der Waals surface area contributed by atoms with Gasteiger partial charge in [-0.2, -0.15) is 8.42 Å². The Morgan fingerprint density at radius 2 is 2.11 bits per heavy atom. The van der Waals surface area contributed by atoms with E-state index in [0.29, 0.717) is 12.4 Å². The smallest absolute Gasteiger partial charge is 0.285 e. The van der Waals surface area contributed by atoms with Gasteiger partial charge in [0.2, 0.25) is 5.03 Å². The average Bonchev–Trinajstić information content (AvgIpc) is 3.25. The molecule has 5 heterocycles. The van der Waals surface area contributed by atoms with Crippen LogP contribution in [0, 0.1) is 5.92 Å². The molecule has 2 atom stereocenters. The molecule has 0 radical (unpaired) electrons. The van der Waals surface area contributed by atoms with Gasteiger partial charge < -0.3 is 4.90 Å². The van der Waals surface area contributed by atoms with Crippen LogP contribution in [0.4, 0.5) is 5.82 Å². The van der Waals surface area contributed by atoms with Crippen molar-refractivity contribution in [2.45, 2.75) is 49.8 Å². The van der Waals surface area contributed by atoms with Gasteiger partial charge in [-0.25, -0.2) is 9.71 Å². The molecular weight excluding hydrogens is 402 g/mol. The normalized spacial score (nSPS) is 27.0. The summed E-state index contributed by atoms with van der Waals surface area (Å²) in [4.78, 5) is 19.5. The van der Waals surface area contributed by atoms with E-state index in [4.69, 9.17) is 11.6 Å². The van der Waals surface area contributed by atoms with Crippen LogP contribution in [-0.2, 0) is 16.6 Å². The highest BCUT2D eigenvalue weighted by atomic mass is 35.5. The Labute approximate surface area is 168 Å². The van der Waals surface area contributed by atoms with Crippen molar-refractivity contribution in [2.75, 3.05) is 11.4 Å². The number of pyridine rings is 1. The van der Waals surface area contributed by atoms with Gasteiger partial charge in [-0.3, -0.25) is 4.79 Å². The molecule has 148 valence electrons. The van der Waals surface area contributed by atoms with Crippen LogP contribution in [0.2, 0.25) is 5.15 Å². The molecule has 2 aromatic heterocycles. The summed E-state index contributed by atoms with van der Waals surface area (Å²) in [5.74, 6) is -0.0347. The lowest BCUT2D eigenvalue weighted by Crippen LogP contribution is -2.42. The number of rotatable bonds is 0. The van der Waals surface area contributed by atoms with E-state index in [9.17, 15) is 13.2 Å². The molecule has 3 aliphatic heterocycles. The number of nitrogens with one attached hydrogen (secondary N) is 1. The van der Waals surface area contributed by atoms with Gasteiger partial charge in [0.1, 0.15) is 17.0 Å².